The van der Waals surface area contributed by atoms with E-state index in [1.54, 1.807) is 6.92 Å². The number of hydrogen-bond donors (Lipinski definition) is 1. The smallest absolute Gasteiger partial charge is 0.281 e. The Morgan fingerprint density at radius 2 is 2.21 bits per heavy atom. The first kappa shape index (κ1) is 13.2. The van der Waals surface area contributed by atoms with E-state index in [4.69, 9.17) is 5.14 Å². The first-order chi connectivity index (χ1) is 6.52. The van der Waals surface area contributed by atoms with Crippen LogP contribution < -0.4 is 5.14 Å². The van der Waals surface area contributed by atoms with Crippen LogP contribution in [0.3, 0.4) is 0 Å². The van der Waals surface area contributed by atoms with E-state index in [-0.39, 0.29) is 11.1 Å². The van der Waals surface area contributed by atoms with Gasteiger partial charge in [-0.15, -0.1) is 5.14 Å². The minimum atomic E-state index is -1.68. The van der Waals surface area contributed by atoms with Gasteiger partial charge in [-0.05, 0) is 20.8 Å². The Hall–Kier alpha value is -0.850. The van der Waals surface area contributed by atoms with Gasteiger partial charge in [-0.3, -0.25) is 4.79 Å². The number of amides is 1. The maximum absolute atomic E-state index is 11.0. The van der Waals surface area contributed by atoms with Crippen molar-refractivity contribution in [1.29, 1.82) is 0 Å². The van der Waals surface area contributed by atoms with E-state index >= 15 is 0 Å². The van der Waals surface area contributed by atoms with Gasteiger partial charge in [0.25, 0.3) is 5.03 Å². The topological polar surface area (TPSA) is 81.8 Å². The average Bonchev–Trinajstić information content (AvgIpc) is 2.11. The molecule has 0 aromatic carbocycles. The molecule has 0 rings (SSSR count). The second-order valence-electron chi connectivity index (χ2n) is 2.80. The van der Waals surface area contributed by atoms with Crippen LogP contribution in [0, 0.1) is 0 Å². The minimum absolute atomic E-state index is 0.0156. The lowest BCUT2D eigenvalue weighted by atomic mass is 10.4. The summed E-state index contributed by atoms with van der Waals surface area (Å²) >= 11 is -1.68. The highest BCUT2D eigenvalue weighted by atomic mass is 32.2. The number of carbonyl (C=O) groups is 1. The number of nitrogens with two attached hydrogens (primary N) is 1. The van der Waals surface area contributed by atoms with Crippen molar-refractivity contribution in [2.45, 2.75) is 26.8 Å². The Labute approximate surface area is 87.0 Å². The van der Waals surface area contributed by atoms with Gasteiger partial charge in [0, 0.05) is 12.3 Å². The van der Waals surface area contributed by atoms with E-state index in [1.165, 1.54) is 17.3 Å². The molecule has 1 amide bonds. The van der Waals surface area contributed by atoms with Crippen molar-refractivity contribution in [3.8, 4) is 0 Å². The van der Waals surface area contributed by atoms with Gasteiger partial charge < -0.3 is 9.45 Å². The molecule has 0 aliphatic carbocycles. The van der Waals surface area contributed by atoms with Gasteiger partial charge in [0.15, 0.2) is 0 Å². The number of rotatable bonds is 5. The zero-order chi connectivity index (χ0) is 11.1. The molecule has 0 aliphatic rings. The fourth-order valence-electron chi connectivity index (χ4n) is 0.693. The third kappa shape index (κ3) is 4.40. The van der Waals surface area contributed by atoms with Gasteiger partial charge in [0.05, 0.1) is 17.6 Å². The Bertz CT molecular complexity index is 239. The Morgan fingerprint density at radius 3 is 2.50 bits per heavy atom. The monoisotopic (exact) mass is 217 g/mol. The SMILES string of the molecule is CC=N/C(=C\N(C=O)C(C)C)[S+](N)[O-]. The summed E-state index contributed by atoms with van der Waals surface area (Å²) < 4.78 is 11.0. The van der Waals surface area contributed by atoms with Crippen LogP contribution in [-0.4, -0.2) is 28.1 Å². The van der Waals surface area contributed by atoms with Gasteiger partial charge in [-0.25, -0.2) is 4.99 Å². The summed E-state index contributed by atoms with van der Waals surface area (Å²) in [5, 5.41) is 5.35. The van der Waals surface area contributed by atoms with Crippen molar-refractivity contribution in [3.05, 3.63) is 11.2 Å². The Morgan fingerprint density at radius 1 is 1.64 bits per heavy atom. The average molecular weight is 217 g/mol. The van der Waals surface area contributed by atoms with E-state index in [0.29, 0.717) is 6.41 Å². The molecule has 0 aromatic rings. The van der Waals surface area contributed by atoms with Gasteiger partial charge >= 0.3 is 0 Å². The summed E-state index contributed by atoms with van der Waals surface area (Å²) in [5.41, 5.74) is 0. The molecule has 5 nitrogen and oxygen atoms in total. The number of nitrogens with zero attached hydrogens (tertiary/aromatic N) is 2. The summed E-state index contributed by atoms with van der Waals surface area (Å²) in [6, 6.07) is -0.0156. The van der Waals surface area contributed by atoms with E-state index < -0.39 is 11.4 Å². The van der Waals surface area contributed by atoms with Crippen LogP contribution in [0.1, 0.15) is 20.8 Å². The predicted octanol–water partition coefficient (Wildman–Crippen LogP) is 0.365. The van der Waals surface area contributed by atoms with Crippen molar-refractivity contribution in [2.75, 3.05) is 0 Å². The van der Waals surface area contributed by atoms with Crippen molar-refractivity contribution in [1.82, 2.24) is 4.90 Å². The highest BCUT2D eigenvalue weighted by molar-refractivity contribution is 7.93. The first-order valence-electron chi connectivity index (χ1n) is 4.12. The zero-order valence-corrected chi connectivity index (χ0v) is 9.32. The third-order valence-electron chi connectivity index (χ3n) is 1.44. The van der Waals surface area contributed by atoms with E-state index in [0.717, 1.165) is 0 Å². The van der Waals surface area contributed by atoms with Crippen LogP contribution in [0.4, 0.5) is 0 Å². The molecule has 0 bridgehead atoms. The van der Waals surface area contributed by atoms with Crippen molar-refractivity contribution < 1.29 is 9.35 Å². The zero-order valence-electron chi connectivity index (χ0n) is 8.51. The summed E-state index contributed by atoms with van der Waals surface area (Å²) in [6.45, 7) is 5.34. The lowest BCUT2D eigenvalue weighted by Crippen LogP contribution is -2.26. The van der Waals surface area contributed by atoms with Crippen molar-refractivity contribution in [2.24, 2.45) is 10.1 Å². The summed E-state index contributed by atoms with van der Waals surface area (Å²) in [6.07, 6.45) is 3.50. The molecule has 1 unspecified atom stereocenters. The van der Waals surface area contributed by atoms with Crippen LogP contribution in [-0.2, 0) is 16.2 Å². The maximum Gasteiger partial charge on any atom is 0.281 e. The highest BCUT2D eigenvalue weighted by Gasteiger charge is 2.12. The summed E-state index contributed by atoms with van der Waals surface area (Å²) in [4.78, 5) is 15.8. The molecule has 0 saturated heterocycles. The highest BCUT2D eigenvalue weighted by Crippen LogP contribution is 2.06. The molecule has 0 aromatic heterocycles. The Kier molecular flexibility index (Phi) is 6.18. The van der Waals surface area contributed by atoms with Gasteiger partial charge in [-0.1, -0.05) is 0 Å². The largest absolute Gasteiger partial charge is 0.592 e. The predicted molar refractivity (Wildman–Crippen MR) is 57.6 cm³/mol. The fourth-order valence-corrected chi connectivity index (χ4v) is 1.13. The van der Waals surface area contributed by atoms with Gasteiger partial charge in [0.1, 0.15) is 0 Å². The minimum Gasteiger partial charge on any atom is -0.592 e. The number of aliphatic imine (C=N–C) groups is 1. The second kappa shape index (κ2) is 6.58. The Balaban J connectivity index is 4.77. The molecular weight excluding hydrogens is 202 g/mol. The van der Waals surface area contributed by atoms with Crippen LogP contribution in [0.5, 0.6) is 0 Å². The summed E-state index contributed by atoms with van der Waals surface area (Å²) in [5.74, 6) is 0. The molecule has 0 fully saturated rings. The van der Waals surface area contributed by atoms with Crippen molar-refractivity contribution >= 4 is 24.0 Å². The first-order valence-corrected chi connectivity index (χ1v) is 5.33. The molecular formula is C8H15N3O2S. The molecule has 14 heavy (non-hydrogen) atoms. The van der Waals surface area contributed by atoms with Gasteiger partial charge in [0.2, 0.25) is 6.41 Å². The van der Waals surface area contributed by atoms with Crippen LogP contribution in [0.15, 0.2) is 16.2 Å². The lowest BCUT2D eigenvalue weighted by molar-refractivity contribution is -0.117. The molecule has 80 valence electrons. The molecule has 0 radical (unpaired) electrons. The maximum atomic E-state index is 11.0. The van der Waals surface area contributed by atoms with E-state index in [2.05, 4.69) is 4.99 Å². The molecule has 1 atom stereocenters. The van der Waals surface area contributed by atoms with Crippen LogP contribution in [0.2, 0.25) is 0 Å². The third-order valence-corrected chi connectivity index (χ3v) is 2.06. The number of carbonyl (C=O) groups excluding carboxylic acids is 1. The van der Waals surface area contributed by atoms with Crippen molar-refractivity contribution in [3.63, 3.8) is 0 Å². The standard InChI is InChI=1S/C8H15N3O2S/c1-4-10-8(14(9)13)5-11(6-12)7(2)3/h4-7H,9H2,1-3H3/b8-5+,10-4?. The second-order valence-corrected chi connectivity index (χ2v) is 3.81. The van der Waals surface area contributed by atoms with E-state index in [1.807, 2.05) is 13.8 Å². The molecule has 0 saturated carbocycles. The number of hydrogen-bond acceptors (Lipinski definition) is 4. The fraction of sp³-hybridized carbons (Fsp3) is 0.500. The van der Waals surface area contributed by atoms with Crippen LogP contribution >= 0.6 is 0 Å². The molecule has 0 spiro atoms. The summed E-state index contributed by atoms with van der Waals surface area (Å²) in [7, 11) is 0. The molecule has 0 heterocycles. The lowest BCUT2D eigenvalue weighted by Gasteiger charge is -2.16. The van der Waals surface area contributed by atoms with Gasteiger partial charge in [-0.2, -0.15) is 0 Å². The van der Waals surface area contributed by atoms with Crippen LogP contribution in [0.25, 0.3) is 0 Å². The normalized spacial score (nSPS) is 14.9. The quantitative estimate of drug-likeness (QED) is 0.410. The molecule has 2 N–H and O–H groups in total. The molecule has 0 aliphatic heterocycles. The van der Waals surface area contributed by atoms with E-state index in [9.17, 15) is 9.35 Å². The molecule has 6 heteroatoms.